The van der Waals surface area contributed by atoms with Gasteiger partial charge < -0.3 is 9.80 Å². The van der Waals surface area contributed by atoms with Gasteiger partial charge in [0.1, 0.15) is 8.07 Å². The van der Waals surface area contributed by atoms with Gasteiger partial charge in [-0.1, -0.05) is 195 Å². The maximum Gasteiger partial charge on any atom is 0.116 e. The van der Waals surface area contributed by atoms with Gasteiger partial charge in [-0.05, 0) is 137 Å². The molecule has 316 valence electrons. The van der Waals surface area contributed by atoms with Crippen LogP contribution < -0.4 is 20.2 Å². The summed E-state index contributed by atoms with van der Waals surface area (Å²) < 4.78 is 0. The molecule has 1 aliphatic rings. The molecule has 0 radical (unpaired) electrons. The fourth-order valence-electron chi connectivity index (χ4n) is 11.2. The third-order valence-corrected chi connectivity index (χ3v) is 17.9. The summed E-state index contributed by atoms with van der Waals surface area (Å²) in [6.45, 7) is 5.05. The van der Waals surface area contributed by atoms with Gasteiger partial charge in [-0.3, -0.25) is 0 Å². The van der Waals surface area contributed by atoms with Gasteiger partial charge in [-0.2, -0.15) is 0 Å². The summed E-state index contributed by atoms with van der Waals surface area (Å²) in [6.07, 6.45) is 0. The van der Waals surface area contributed by atoms with Gasteiger partial charge >= 0.3 is 0 Å². The van der Waals surface area contributed by atoms with Crippen LogP contribution in [0, 0.1) is 0 Å². The molecule has 0 amide bonds. The highest BCUT2D eigenvalue weighted by atomic mass is 28.3. The zero-order valence-corrected chi connectivity index (χ0v) is 38.5. The van der Waals surface area contributed by atoms with Crippen LogP contribution in [0.4, 0.5) is 34.1 Å². The zero-order chi connectivity index (χ0) is 44.6. The third kappa shape index (κ3) is 6.30. The van der Waals surface area contributed by atoms with E-state index in [0.717, 1.165) is 22.7 Å². The normalized spacial score (nSPS) is 12.7. The monoisotopic (exact) mass is 870 g/mol. The van der Waals surface area contributed by atoms with Crippen LogP contribution >= 0.6 is 0 Å². The Labute approximate surface area is 392 Å². The first kappa shape index (κ1) is 39.1. The Morgan fingerprint density at radius 3 is 1.48 bits per heavy atom. The van der Waals surface area contributed by atoms with E-state index in [9.17, 15) is 0 Å². The van der Waals surface area contributed by atoms with Crippen molar-refractivity contribution in [3.05, 3.63) is 243 Å². The van der Waals surface area contributed by atoms with Crippen LogP contribution in [0.15, 0.2) is 243 Å². The molecule has 12 aromatic rings. The van der Waals surface area contributed by atoms with Crippen LogP contribution in [0.2, 0.25) is 13.1 Å². The molecule has 0 bridgehead atoms. The average Bonchev–Trinajstić information content (AvgIpc) is 3.63. The predicted octanol–water partition coefficient (Wildman–Crippen LogP) is 16.8. The van der Waals surface area contributed by atoms with Crippen molar-refractivity contribution in [2.45, 2.75) is 13.1 Å². The SMILES string of the molecule is C[Si]1(C)c2ccccc2-c2cccc(N(c3ccccc3)c3ccc4ccc5c(N(c6cc(-c7ccccc7)cc(-c7ccccc7)c6)c6ccc7ccccc7c6)ccc6ccc3c4c65)c21. The molecular formula is C64H46N2Si. The second-order valence-electron chi connectivity index (χ2n) is 18.5. The summed E-state index contributed by atoms with van der Waals surface area (Å²) in [4.78, 5) is 5.04. The number of para-hydroxylation sites is 1. The number of anilines is 6. The summed E-state index contributed by atoms with van der Waals surface area (Å²) in [6, 6.07) is 90.0. The summed E-state index contributed by atoms with van der Waals surface area (Å²) in [5, 5.41) is 12.9. The van der Waals surface area contributed by atoms with Crippen molar-refractivity contribution >= 4 is 95.7 Å². The van der Waals surface area contributed by atoms with Gasteiger partial charge in [0.05, 0.1) is 11.4 Å². The molecule has 0 saturated carbocycles. The number of rotatable bonds is 8. The molecule has 13 rings (SSSR count). The minimum absolute atomic E-state index is 1.10. The highest BCUT2D eigenvalue weighted by molar-refractivity contribution is 7.04. The first-order valence-electron chi connectivity index (χ1n) is 23.3. The highest BCUT2D eigenvalue weighted by Gasteiger charge is 2.40. The summed E-state index contributed by atoms with van der Waals surface area (Å²) in [7, 11) is -2.09. The molecule has 3 heteroatoms. The quantitative estimate of drug-likeness (QED) is 0.111. The first-order valence-corrected chi connectivity index (χ1v) is 26.3. The topological polar surface area (TPSA) is 6.48 Å². The Morgan fingerprint density at radius 1 is 0.299 bits per heavy atom. The largest absolute Gasteiger partial charge is 0.310 e. The molecule has 0 spiro atoms. The van der Waals surface area contributed by atoms with Crippen LogP contribution in [-0.4, -0.2) is 8.07 Å². The molecule has 1 aliphatic heterocycles. The first-order chi connectivity index (χ1) is 33.0. The molecule has 0 N–H and O–H groups in total. The van der Waals surface area contributed by atoms with Gasteiger partial charge in [0, 0.05) is 33.5 Å². The predicted molar refractivity (Wildman–Crippen MR) is 290 cm³/mol. The van der Waals surface area contributed by atoms with E-state index in [1.54, 1.807) is 0 Å². The van der Waals surface area contributed by atoms with Gasteiger partial charge in [-0.15, -0.1) is 0 Å². The molecule has 1 heterocycles. The minimum atomic E-state index is -2.09. The van der Waals surface area contributed by atoms with E-state index in [4.69, 9.17) is 0 Å². The number of benzene rings is 12. The molecule has 0 saturated heterocycles. The van der Waals surface area contributed by atoms with Crippen LogP contribution in [0.5, 0.6) is 0 Å². The third-order valence-electron chi connectivity index (χ3n) is 14.3. The lowest BCUT2D eigenvalue weighted by atomic mass is 9.91. The number of nitrogens with zero attached hydrogens (tertiary/aromatic N) is 2. The Balaban J connectivity index is 1.07. The van der Waals surface area contributed by atoms with Crippen molar-refractivity contribution < 1.29 is 0 Å². The molecular weight excluding hydrogens is 825 g/mol. The van der Waals surface area contributed by atoms with Crippen LogP contribution in [0.25, 0.3) is 76.5 Å². The van der Waals surface area contributed by atoms with Crippen LogP contribution in [-0.2, 0) is 0 Å². The number of fused-ring (bicyclic) bond motifs is 4. The molecule has 0 unspecified atom stereocenters. The fraction of sp³-hybridized carbons (Fsp3) is 0.0312. The smallest absolute Gasteiger partial charge is 0.116 e. The standard InChI is InChI=1S/C64H46N2Si/c1-67(2)61-28-15-14-25-54(61)55-26-16-27-60(64(55)67)66(51-23-10-5-11-24-51)59-38-33-47-30-35-56-58(37-32-46-31-36-57(59)63(47)62(46)56)65(52-34-29-45-21-12-13-22-48(45)40-52)53-41-49(43-17-6-3-7-18-43)39-50(42-53)44-19-8-4-9-20-44/h3-42H,1-2H3. The molecule has 2 nitrogen and oxygen atoms in total. The summed E-state index contributed by atoms with van der Waals surface area (Å²) in [5.74, 6) is 0. The van der Waals surface area contributed by atoms with E-state index in [0.29, 0.717) is 0 Å². The highest BCUT2D eigenvalue weighted by Crippen LogP contribution is 2.49. The van der Waals surface area contributed by atoms with Crippen molar-refractivity contribution in [2.24, 2.45) is 0 Å². The summed E-state index contributed by atoms with van der Waals surface area (Å²) >= 11 is 0. The molecule has 0 atom stereocenters. The fourth-order valence-corrected chi connectivity index (χ4v) is 14.6. The Kier molecular flexibility index (Phi) is 9.02. The van der Waals surface area contributed by atoms with E-state index < -0.39 is 8.07 Å². The number of hydrogen-bond donors (Lipinski definition) is 0. The molecule has 0 aromatic heterocycles. The van der Waals surface area contributed by atoms with E-state index >= 15 is 0 Å². The number of hydrogen-bond acceptors (Lipinski definition) is 2. The van der Waals surface area contributed by atoms with E-state index in [1.807, 2.05) is 0 Å². The minimum Gasteiger partial charge on any atom is -0.310 e. The summed E-state index contributed by atoms with van der Waals surface area (Å²) in [5.41, 5.74) is 14.4. The lowest BCUT2D eigenvalue weighted by molar-refractivity contribution is 1.30. The molecule has 12 aromatic carbocycles. The maximum absolute atomic E-state index is 2.55. The Hall–Kier alpha value is -8.24. The second-order valence-corrected chi connectivity index (χ2v) is 22.8. The van der Waals surface area contributed by atoms with E-state index in [2.05, 4.69) is 266 Å². The van der Waals surface area contributed by atoms with E-state index in [1.165, 1.54) is 98.2 Å². The van der Waals surface area contributed by atoms with Crippen LogP contribution in [0.3, 0.4) is 0 Å². The Morgan fingerprint density at radius 2 is 0.821 bits per heavy atom. The van der Waals surface area contributed by atoms with Crippen molar-refractivity contribution in [3.8, 4) is 33.4 Å². The maximum atomic E-state index is 2.55. The van der Waals surface area contributed by atoms with Crippen molar-refractivity contribution in [2.75, 3.05) is 9.80 Å². The lowest BCUT2D eigenvalue weighted by Crippen LogP contribution is -2.50. The van der Waals surface area contributed by atoms with Gasteiger partial charge in [0.2, 0.25) is 0 Å². The van der Waals surface area contributed by atoms with Crippen molar-refractivity contribution in [1.29, 1.82) is 0 Å². The molecule has 0 fully saturated rings. The average molecular weight is 871 g/mol. The van der Waals surface area contributed by atoms with E-state index in [-0.39, 0.29) is 0 Å². The van der Waals surface area contributed by atoms with Gasteiger partial charge in [0.15, 0.2) is 0 Å². The molecule has 0 aliphatic carbocycles. The molecule has 67 heavy (non-hydrogen) atoms. The van der Waals surface area contributed by atoms with Gasteiger partial charge in [0.25, 0.3) is 0 Å². The van der Waals surface area contributed by atoms with Crippen LogP contribution in [0.1, 0.15) is 0 Å². The second kappa shape index (κ2) is 15.4. The lowest BCUT2D eigenvalue weighted by Gasteiger charge is -2.32. The van der Waals surface area contributed by atoms with Crippen molar-refractivity contribution in [3.63, 3.8) is 0 Å². The van der Waals surface area contributed by atoms with Crippen molar-refractivity contribution in [1.82, 2.24) is 0 Å². The van der Waals surface area contributed by atoms with Gasteiger partial charge in [-0.25, -0.2) is 0 Å². The Bertz CT molecular complexity index is 3780. The zero-order valence-electron chi connectivity index (χ0n) is 37.5.